The molecule has 4 nitrogen and oxygen atoms in total. The molecule has 0 amide bonds. The number of carbonyl (C=O) groups is 1. The molecule has 0 N–H and O–H groups in total. The van der Waals surface area contributed by atoms with Crippen LogP contribution in [-0.2, 0) is 11.3 Å². The van der Waals surface area contributed by atoms with E-state index in [1.165, 1.54) is 12.5 Å². The highest BCUT2D eigenvalue weighted by Gasteiger charge is 2.09. The van der Waals surface area contributed by atoms with Gasteiger partial charge in [-0.05, 0) is 24.3 Å². The number of nitrogens with zero attached hydrogens (tertiary/aromatic N) is 1. The van der Waals surface area contributed by atoms with Gasteiger partial charge in [0.25, 0.3) is 0 Å². The Hall–Kier alpha value is -2.33. The van der Waals surface area contributed by atoms with Crippen molar-refractivity contribution in [1.29, 1.82) is 0 Å². The Morgan fingerprint density at radius 2 is 2.10 bits per heavy atom. The van der Waals surface area contributed by atoms with Gasteiger partial charge in [-0.1, -0.05) is 23.7 Å². The summed E-state index contributed by atoms with van der Waals surface area (Å²) in [4.78, 5) is 16.1. The second-order valence-electron chi connectivity index (χ2n) is 4.23. The summed E-state index contributed by atoms with van der Waals surface area (Å²) < 4.78 is 9.98. The first-order valence-corrected chi connectivity index (χ1v) is 6.35. The smallest absolute Gasteiger partial charge is 0.341 e. The van der Waals surface area contributed by atoms with Crippen molar-refractivity contribution in [1.82, 2.24) is 4.98 Å². The van der Waals surface area contributed by atoms with Crippen molar-refractivity contribution in [2.45, 2.75) is 6.61 Å². The molecule has 3 rings (SSSR count). The van der Waals surface area contributed by atoms with Crippen LogP contribution in [-0.4, -0.2) is 11.0 Å². The zero-order valence-corrected chi connectivity index (χ0v) is 11.1. The van der Waals surface area contributed by atoms with Crippen molar-refractivity contribution in [3.8, 4) is 0 Å². The summed E-state index contributed by atoms with van der Waals surface area (Å²) >= 11 is 5.93. The normalized spacial score (nSPS) is 10.7. The third-order valence-electron chi connectivity index (χ3n) is 2.82. The minimum Gasteiger partial charge on any atom is -0.472 e. The van der Waals surface area contributed by atoms with Crippen LogP contribution in [0.5, 0.6) is 0 Å². The summed E-state index contributed by atoms with van der Waals surface area (Å²) in [7, 11) is 0. The van der Waals surface area contributed by atoms with Crippen LogP contribution in [0.4, 0.5) is 0 Å². The Kier molecular flexibility index (Phi) is 3.39. The number of benzene rings is 1. The van der Waals surface area contributed by atoms with E-state index in [9.17, 15) is 4.79 Å². The van der Waals surface area contributed by atoms with E-state index in [-0.39, 0.29) is 6.61 Å². The fourth-order valence-corrected chi connectivity index (χ4v) is 1.98. The molecule has 0 aliphatic rings. The first-order valence-electron chi connectivity index (χ1n) is 5.97. The van der Waals surface area contributed by atoms with Crippen LogP contribution >= 0.6 is 11.6 Å². The largest absolute Gasteiger partial charge is 0.472 e. The number of pyridine rings is 1. The highest BCUT2D eigenvalue weighted by atomic mass is 35.5. The predicted octanol–water partition coefficient (Wildman–Crippen LogP) is 3.84. The lowest BCUT2D eigenvalue weighted by molar-refractivity contribution is 0.0467. The van der Waals surface area contributed by atoms with Gasteiger partial charge in [0.05, 0.1) is 23.0 Å². The molecule has 0 spiro atoms. The van der Waals surface area contributed by atoms with Gasteiger partial charge in [-0.15, -0.1) is 0 Å². The van der Waals surface area contributed by atoms with Gasteiger partial charge in [-0.25, -0.2) is 9.78 Å². The van der Waals surface area contributed by atoms with E-state index >= 15 is 0 Å². The Morgan fingerprint density at radius 3 is 2.90 bits per heavy atom. The van der Waals surface area contributed by atoms with E-state index in [4.69, 9.17) is 20.8 Å². The van der Waals surface area contributed by atoms with Crippen molar-refractivity contribution < 1.29 is 13.9 Å². The van der Waals surface area contributed by atoms with Gasteiger partial charge in [0, 0.05) is 10.4 Å². The first kappa shape index (κ1) is 12.7. The molecule has 1 aromatic carbocycles. The zero-order chi connectivity index (χ0) is 13.9. The molecule has 0 atom stereocenters. The molecule has 3 aromatic rings. The van der Waals surface area contributed by atoms with E-state index in [1.807, 2.05) is 24.3 Å². The standard InChI is InChI=1S/C15H10ClNO3/c16-12-3-1-10-2-4-13(17-14(10)7-12)9-20-15(18)11-5-6-19-8-11/h1-8H,9H2. The molecular weight excluding hydrogens is 278 g/mol. The van der Waals surface area contributed by atoms with Crippen molar-refractivity contribution in [2.75, 3.05) is 0 Å². The number of furan rings is 1. The number of rotatable bonds is 3. The Bertz CT molecular complexity index is 753. The second-order valence-corrected chi connectivity index (χ2v) is 4.66. The van der Waals surface area contributed by atoms with Gasteiger partial charge in [-0.3, -0.25) is 0 Å². The Labute approximate surface area is 119 Å². The Balaban J connectivity index is 1.76. The van der Waals surface area contributed by atoms with E-state index in [2.05, 4.69) is 4.98 Å². The minimum atomic E-state index is -0.438. The summed E-state index contributed by atoms with van der Waals surface area (Å²) in [5.41, 5.74) is 1.82. The van der Waals surface area contributed by atoms with Crippen molar-refractivity contribution in [2.24, 2.45) is 0 Å². The maximum absolute atomic E-state index is 11.7. The van der Waals surface area contributed by atoms with Crippen molar-refractivity contribution in [3.63, 3.8) is 0 Å². The van der Waals surface area contributed by atoms with Crippen LogP contribution in [0.1, 0.15) is 16.1 Å². The van der Waals surface area contributed by atoms with E-state index < -0.39 is 5.97 Å². The van der Waals surface area contributed by atoms with Crippen molar-refractivity contribution in [3.05, 3.63) is 65.2 Å². The molecule has 0 saturated carbocycles. The van der Waals surface area contributed by atoms with E-state index in [0.29, 0.717) is 16.3 Å². The fourth-order valence-electron chi connectivity index (χ4n) is 1.82. The second kappa shape index (κ2) is 5.35. The first-order chi connectivity index (χ1) is 9.72. The van der Waals surface area contributed by atoms with Gasteiger partial charge >= 0.3 is 5.97 Å². The number of hydrogen-bond donors (Lipinski definition) is 0. The number of fused-ring (bicyclic) bond motifs is 1. The Morgan fingerprint density at radius 1 is 1.25 bits per heavy atom. The highest BCUT2D eigenvalue weighted by Crippen LogP contribution is 2.18. The minimum absolute atomic E-state index is 0.104. The van der Waals surface area contributed by atoms with E-state index in [1.54, 1.807) is 12.1 Å². The summed E-state index contributed by atoms with van der Waals surface area (Å²) in [5, 5.41) is 1.61. The third kappa shape index (κ3) is 2.65. The summed E-state index contributed by atoms with van der Waals surface area (Å²) in [6.07, 6.45) is 2.77. The summed E-state index contributed by atoms with van der Waals surface area (Å²) in [6.45, 7) is 0.104. The topological polar surface area (TPSA) is 52.3 Å². The molecule has 2 heterocycles. The number of ether oxygens (including phenoxy) is 1. The van der Waals surface area contributed by atoms with Crippen LogP contribution < -0.4 is 0 Å². The van der Waals surface area contributed by atoms with Gasteiger partial charge in [0.1, 0.15) is 12.9 Å². The lowest BCUT2D eigenvalue weighted by Gasteiger charge is -2.04. The molecule has 0 radical (unpaired) electrons. The lowest BCUT2D eigenvalue weighted by atomic mass is 10.2. The predicted molar refractivity (Wildman–Crippen MR) is 74.6 cm³/mol. The summed E-state index contributed by atoms with van der Waals surface area (Å²) in [5.74, 6) is -0.438. The molecule has 20 heavy (non-hydrogen) atoms. The number of aromatic nitrogens is 1. The maximum Gasteiger partial charge on any atom is 0.341 e. The average Bonchev–Trinajstić information content (AvgIpc) is 2.98. The maximum atomic E-state index is 11.7. The van der Waals surface area contributed by atoms with Crippen molar-refractivity contribution >= 4 is 28.5 Å². The molecule has 2 aromatic heterocycles. The van der Waals surface area contributed by atoms with E-state index in [0.717, 1.165) is 10.9 Å². The molecule has 0 aliphatic heterocycles. The number of carbonyl (C=O) groups excluding carboxylic acids is 1. The van der Waals surface area contributed by atoms with Crippen LogP contribution in [0.15, 0.2) is 53.3 Å². The molecule has 0 aliphatic carbocycles. The van der Waals surface area contributed by atoms with Crippen LogP contribution in [0.25, 0.3) is 10.9 Å². The third-order valence-corrected chi connectivity index (χ3v) is 3.05. The molecule has 0 unspecified atom stereocenters. The quantitative estimate of drug-likeness (QED) is 0.687. The lowest BCUT2D eigenvalue weighted by Crippen LogP contribution is -2.05. The number of hydrogen-bond acceptors (Lipinski definition) is 4. The van der Waals surface area contributed by atoms with Gasteiger partial charge < -0.3 is 9.15 Å². The number of esters is 1. The molecule has 0 saturated heterocycles. The monoisotopic (exact) mass is 287 g/mol. The molecule has 0 fully saturated rings. The molecule has 5 heteroatoms. The van der Waals surface area contributed by atoms with Gasteiger partial charge in [0.2, 0.25) is 0 Å². The van der Waals surface area contributed by atoms with Crippen LogP contribution in [0.2, 0.25) is 5.02 Å². The van der Waals surface area contributed by atoms with Gasteiger partial charge in [0.15, 0.2) is 0 Å². The highest BCUT2D eigenvalue weighted by molar-refractivity contribution is 6.31. The van der Waals surface area contributed by atoms with Crippen LogP contribution in [0, 0.1) is 0 Å². The summed E-state index contributed by atoms with van der Waals surface area (Å²) in [6, 6.07) is 10.8. The number of halogens is 1. The molecule has 0 bridgehead atoms. The average molecular weight is 288 g/mol. The fraction of sp³-hybridized carbons (Fsp3) is 0.0667. The van der Waals surface area contributed by atoms with Crippen LogP contribution in [0.3, 0.4) is 0 Å². The molecule has 100 valence electrons. The SMILES string of the molecule is O=C(OCc1ccc2ccc(Cl)cc2n1)c1ccoc1. The van der Waals surface area contributed by atoms with Gasteiger partial charge in [-0.2, -0.15) is 0 Å². The molecular formula is C15H10ClNO3. The zero-order valence-electron chi connectivity index (χ0n) is 10.4.